The van der Waals surface area contributed by atoms with Gasteiger partial charge in [-0.05, 0) is 36.2 Å². The molecule has 5 rings (SSSR count). The number of benzene rings is 2. The summed E-state index contributed by atoms with van der Waals surface area (Å²) in [5, 5.41) is 14.7. The summed E-state index contributed by atoms with van der Waals surface area (Å²) in [6, 6.07) is 16.4. The smallest absolute Gasteiger partial charge is 0.325 e. The van der Waals surface area contributed by atoms with Crippen molar-refractivity contribution in [3.05, 3.63) is 83.7 Å². The summed E-state index contributed by atoms with van der Waals surface area (Å²) in [7, 11) is 0. The molecule has 43 heavy (non-hydrogen) atoms. The third-order valence-corrected chi connectivity index (χ3v) is 7.40. The molecule has 1 aromatic heterocycles. The number of urea groups is 1. The van der Waals surface area contributed by atoms with Crippen LogP contribution in [0.25, 0.3) is 0 Å². The summed E-state index contributed by atoms with van der Waals surface area (Å²) in [5.41, 5.74) is 3.14. The molecule has 12 nitrogen and oxygen atoms in total. The molecule has 12 heteroatoms. The second kappa shape index (κ2) is 14.9. The highest BCUT2D eigenvalue weighted by Crippen LogP contribution is 2.38. The fraction of sp³-hybridized carbons (Fsp3) is 0.419. The van der Waals surface area contributed by atoms with Gasteiger partial charge in [0.1, 0.15) is 6.54 Å². The van der Waals surface area contributed by atoms with Gasteiger partial charge in [-0.3, -0.25) is 9.69 Å². The Labute approximate surface area is 251 Å². The van der Waals surface area contributed by atoms with Crippen LogP contribution in [0.2, 0.25) is 0 Å². The lowest BCUT2D eigenvalue weighted by molar-refractivity contribution is -0.253. The number of esters is 1. The van der Waals surface area contributed by atoms with E-state index in [0.717, 1.165) is 55.4 Å². The standard InChI is InChI=1S/C31H38N6O6/c1-2-41-28(39)19-34-31(40)35-25-6-3-5-24(17-25)29-42-26(18-27(43-29)23-9-7-22(21-38)8-10-23)20-36-13-15-37(16-14-36)30-32-11-4-12-33-30/h3-12,17,26-27,29,38H,2,13-16,18-21H2,1H3,(H2,34,35,40)/t26-,27+,29+/m0/s1. The minimum absolute atomic E-state index is 0.0205. The van der Waals surface area contributed by atoms with Gasteiger partial charge in [0.15, 0.2) is 6.29 Å². The molecule has 0 spiro atoms. The van der Waals surface area contributed by atoms with E-state index in [1.54, 1.807) is 25.4 Å². The van der Waals surface area contributed by atoms with Gasteiger partial charge in [-0.25, -0.2) is 14.8 Å². The van der Waals surface area contributed by atoms with Crippen molar-refractivity contribution in [3.8, 4) is 0 Å². The number of amides is 2. The lowest BCUT2D eigenvalue weighted by atomic mass is 9.99. The van der Waals surface area contributed by atoms with Gasteiger partial charge in [0.05, 0.1) is 25.4 Å². The molecule has 3 heterocycles. The second-order valence-corrected chi connectivity index (χ2v) is 10.4. The number of carbonyl (C=O) groups excluding carboxylic acids is 2. The summed E-state index contributed by atoms with van der Waals surface area (Å²) < 4.78 is 17.8. The zero-order valence-corrected chi connectivity index (χ0v) is 24.2. The average Bonchev–Trinajstić information content (AvgIpc) is 3.05. The normalized spacial score (nSPS) is 20.8. The molecule has 3 N–H and O–H groups in total. The molecule has 2 fully saturated rings. The maximum atomic E-state index is 12.4. The molecule has 0 radical (unpaired) electrons. The Balaban J connectivity index is 1.26. The minimum atomic E-state index is -0.662. The Morgan fingerprint density at radius 3 is 2.49 bits per heavy atom. The summed E-state index contributed by atoms with van der Waals surface area (Å²) in [4.78, 5) is 37.3. The molecule has 2 saturated heterocycles. The third-order valence-electron chi connectivity index (χ3n) is 7.40. The molecule has 228 valence electrons. The predicted molar refractivity (Wildman–Crippen MR) is 159 cm³/mol. The van der Waals surface area contributed by atoms with Crippen molar-refractivity contribution < 1.29 is 28.9 Å². The second-order valence-electron chi connectivity index (χ2n) is 10.4. The number of hydrogen-bond donors (Lipinski definition) is 3. The molecule has 2 amide bonds. The van der Waals surface area contributed by atoms with E-state index in [9.17, 15) is 14.7 Å². The number of anilines is 2. The molecule has 2 aromatic carbocycles. The van der Waals surface area contributed by atoms with E-state index in [2.05, 4.69) is 30.4 Å². The number of ether oxygens (including phenoxy) is 3. The zero-order chi connectivity index (χ0) is 30.0. The molecule has 0 bridgehead atoms. The quantitative estimate of drug-likeness (QED) is 0.302. The third kappa shape index (κ3) is 8.48. The van der Waals surface area contributed by atoms with Crippen molar-refractivity contribution in [3.63, 3.8) is 0 Å². The fourth-order valence-corrected chi connectivity index (χ4v) is 5.21. The maximum Gasteiger partial charge on any atom is 0.325 e. The van der Waals surface area contributed by atoms with Crippen LogP contribution in [-0.4, -0.2) is 84.0 Å². The van der Waals surface area contributed by atoms with Crippen LogP contribution in [0.4, 0.5) is 16.4 Å². The van der Waals surface area contributed by atoms with Crippen molar-refractivity contribution >= 4 is 23.6 Å². The number of rotatable bonds is 10. The van der Waals surface area contributed by atoms with Crippen LogP contribution in [0.3, 0.4) is 0 Å². The topological polar surface area (TPSA) is 138 Å². The molecule has 0 aliphatic carbocycles. The van der Waals surface area contributed by atoms with E-state index in [0.29, 0.717) is 12.1 Å². The SMILES string of the molecule is CCOC(=O)CNC(=O)Nc1cccc([C@@H]2O[C@H](CN3CCN(c4ncccn4)CC3)C[C@H](c3ccc(CO)cc3)O2)c1. The van der Waals surface area contributed by atoms with Gasteiger partial charge < -0.3 is 34.9 Å². The Hall–Kier alpha value is -4.10. The first-order valence-corrected chi connectivity index (χ1v) is 14.6. The van der Waals surface area contributed by atoms with Crippen LogP contribution >= 0.6 is 0 Å². The average molecular weight is 591 g/mol. The minimum Gasteiger partial charge on any atom is -0.465 e. The predicted octanol–water partition coefficient (Wildman–Crippen LogP) is 3.02. The highest BCUT2D eigenvalue weighted by atomic mass is 16.7. The van der Waals surface area contributed by atoms with Gasteiger partial charge in [0.25, 0.3) is 0 Å². The van der Waals surface area contributed by atoms with Gasteiger partial charge in [0.2, 0.25) is 5.95 Å². The first-order valence-electron chi connectivity index (χ1n) is 14.6. The summed E-state index contributed by atoms with van der Waals surface area (Å²) in [6.07, 6.45) is 3.21. The number of hydrogen-bond acceptors (Lipinski definition) is 10. The van der Waals surface area contributed by atoms with Crippen LogP contribution in [0.15, 0.2) is 67.0 Å². The molecular formula is C31H38N6O6. The molecule has 0 saturated carbocycles. The van der Waals surface area contributed by atoms with Crippen LogP contribution in [0, 0.1) is 0 Å². The van der Waals surface area contributed by atoms with Crippen molar-refractivity contribution in [1.29, 1.82) is 0 Å². The number of piperazine rings is 1. The van der Waals surface area contributed by atoms with Gasteiger partial charge in [-0.2, -0.15) is 0 Å². The number of carbonyl (C=O) groups is 2. The number of nitrogens with zero attached hydrogens (tertiary/aromatic N) is 4. The van der Waals surface area contributed by atoms with Crippen molar-refractivity contribution in [2.75, 3.05) is 56.1 Å². The van der Waals surface area contributed by atoms with Crippen molar-refractivity contribution in [1.82, 2.24) is 20.2 Å². The molecule has 2 aliphatic heterocycles. The van der Waals surface area contributed by atoms with E-state index in [4.69, 9.17) is 14.2 Å². The van der Waals surface area contributed by atoms with Crippen molar-refractivity contribution in [2.45, 2.75) is 38.4 Å². The first kappa shape index (κ1) is 30.4. The van der Waals surface area contributed by atoms with E-state index in [1.807, 2.05) is 48.5 Å². The summed E-state index contributed by atoms with van der Waals surface area (Å²) in [6.45, 7) is 5.83. The van der Waals surface area contributed by atoms with Crippen LogP contribution in [-0.2, 0) is 25.6 Å². The highest BCUT2D eigenvalue weighted by Gasteiger charge is 2.34. The van der Waals surface area contributed by atoms with Crippen LogP contribution in [0.5, 0.6) is 0 Å². The Morgan fingerprint density at radius 2 is 1.77 bits per heavy atom. The molecule has 3 atom stereocenters. The number of aliphatic hydroxyl groups is 1. The molecular weight excluding hydrogens is 552 g/mol. The van der Waals surface area contributed by atoms with Crippen molar-refractivity contribution in [2.24, 2.45) is 0 Å². The number of nitrogens with one attached hydrogen (secondary N) is 2. The molecule has 0 unspecified atom stereocenters. The highest BCUT2D eigenvalue weighted by molar-refractivity contribution is 5.91. The van der Waals surface area contributed by atoms with E-state index in [1.165, 1.54) is 0 Å². The lowest BCUT2D eigenvalue weighted by Gasteiger charge is -2.40. The van der Waals surface area contributed by atoms with Crippen LogP contribution in [0.1, 0.15) is 42.4 Å². The molecule has 3 aromatic rings. The fourth-order valence-electron chi connectivity index (χ4n) is 5.21. The largest absolute Gasteiger partial charge is 0.465 e. The Bertz CT molecular complexity index is 1340. The van der Waals surface area contributed by atoms with Gasteiger partial charge >= 0.3 is 12.0 Å². The summed E-state index contributed by atoms with van der Waals surface area (Å²) in [5.74, 6) is 0.244. The first-order chi connectivity index (χ1) is 21.0. The van der Waals surface area contributed by atoms with E-state index < -0.39 is 18.3 Å². The van der Waals surface area contributed by atoms with Gasteiger partial charge in [0, 0.05) is 62.8 Å². The lowest BCUT2D eigenvalue weighted by Crippen LogP contribution is -2.50. The van der Waals surface area contributed by atoms with Crippen LogP contribution < -0.4 is 15.5 Å². The number of aliphatic hydroxyl groups excluding tert-OH is 1. The van der Waals surface area contributed by atoms with Gasteiger partial charge in [-0.1, -0.05) is 36.4 Å². The number of aromatic nitrogens is 2. The monoisotopic (exact) mass is 590 g/mol. The molecule has 2 aliphatic rings. The van der Waals surface area contributed by atoms with Gasteiger partial charge in [-0.15, -0.1) is 0 Å². The van der Waals surface area contributed by atoms with E-state index >= 15 is 0 Å². The van der Waals surface area contributed by atoms with E-state index in [-0.39, 0.29) is 32.0 Å². The zero-order valence-electron chi connectivity index (χ0n) is 24.2. The maximum absolute atomic E-state index is 12.4. The summed E-state index contributed by atoms with van der Waals surface area (Å²) >= 11 is 0. The Morgan fingerprint density at radius 1 is 1.00 bits per heavy atom. The Kier molecular flexibility index (Phi) is 10.5.